The average Bonchev–Trinajstić information content (AvgIpc) is 3.21. The van der Waals surface area contributed by atoms with Crippen LogP contribution in [0.5, 0.6) is 0 Å². The van der Waals surface area contributed by atoms with E-state index < -0.39 is 0 Å². The Morgan fingerprint density at radius 2 is 1.88 bits per heavy atom. The van der Waals surface area contributed by atoms with Crippen molar-refractivity contribution in [3.8, 4) is 5.69 Å². The number of carbonyl (C=O) groups is 2. The second-order valence-corrected chi connectivity index (χ2v) is 8.65. The molecule has 1 saturated heterocycles. The molecule has 1 aliphatic rings. The van der Waals surface area contributed by atoms with Gasteiger partial charge in [-0.25, -0.2) is 9.07 Å². The molecule has 33 heavy (non-hydrogen) atoms. The fourth-order valence-electron chi connectivity index (χ4n) is 4.40. The molecular weight excluding hydrogens is 419 g/mol. The summed E-state index contributed by atoms with van der Waals surface area (Å²) in [5.41, 5.74) is 3.54. The minimum atomic E-state index is -0.298. The van der Waals surface area contributed by atoms with Gasteiger partial charge in [0.25, 0.3) is 0 Å². The predicted octanol–water partition coefficient (Wildman–Crippen LogP) is 3.98. The zero-order valence-corrected chi connectivity index (χ0v) is 19.0. The Kier molecular flexibility index (Phi) is 6.87. The van der Waals surface area contributed by atoms with E-state index in [1.165, 1.54) is 12.1 Å². The highest BCUT2D eigenvalue weighted by molar-refractivity contribution is 5.82. The first-order valence-corrected chi connectivity index (χ1v) is 11.3. The molecule has 2 atom stereocenters. The molecule has 2 unspecified atom stereocenters. The summed E-state index contributed by atoms with van der Waals surface area (Å²) < 4.78 is 15.0. The quantitative estimate of drug-likeness (QED) is 0.620. The van der Waals surface area contributed by atoms with Crippen LogP contribution in [0.4, 0.5) is 4.39 Å². The van der Waals surface area contributed by atoms with Crippen LogP contribution in [-0.2, 0) is 16.0 Å². The zero-order chi connectivity index (χ0) is 23.4. The Hall–Kier alpha value is -3.48. The van der Waals surface area contributed by atoms with Gasteiger partial charge in [-0.2, -0.15) is 5.10 Å². The number of nitrogens with zero attached hydrogens (tertiary/aromatic N) is 3. The number of hydrogen-bond acceptors (Lipinski definition) is 3. The molecule has 6 nitrogen and oxygen atoms in total. The van der Waals surface area contributed by atoms with Crippen LogP contribution in [0, 0.1) is 18.7 Å². The molecule has 1 fully saturated rings. The van der Waals surface area contributed by atoms with Gasteiger partial charge in [0.1, 0.15) is 5.82 Å². The van der Waals surface area contributed by atoms with Crippen LogP contribution in [0.2, 0.25) is 0 Å². The van der Waals surface area contributed by atoms with Crippen LogP contribution in [0.1, 0.15) is 42.6 Å². The molecule has 172 valence electrons. The lowest BCUT2D eigenvalue weighted by Crippen LogP contribution is -2.46. The van der Waals surface area contributed by atoms with E-state index >= 15 is 0 Å². The molecule has 2 heterocycles. The van der Waals surface area contributed by atoms with Crippen LogP contribution in [0.25, 0.3) is 5.69 Å². The third-order valence-corrected chi connectivity index (χ3v) is 6.29. The Labute approximate surface area is 193 Å². The highest BCUT2D eigenvalue weighted by Gasteiger charge is 2.29. The summed E-state index contributed by atoms with van der Waals surface area (Å²) in [4.78, 5) is 27.6. The molecule has 7 heteroatoms. The van der Waals surface area contributed by atoms with Crippen molar-refractivity contribution in [1.82, 2.24) is 20.0 Å². The van der Waals surface area contributed by atoms with Gasteiger partial charge in [0.05, 0.1) is 30.3 Å². The molecule has 0 aliphatic carbocycles. The third-order valence-electron chi connectivity index (χ3n) is 6.29. The maximum absolute atomic E-state index is 13.2. The summed E-state index contributed by atoms with van der Waals surface area (Å²) >= 11 is 0. The van der Waals surface area contributed by atoms with Gasteiger partial charge in [0.2, 0.25) is 11.8 Å². The lowest BCUT2D eigenvalue weighted by atomic mass is 9.95. The number of benzene rings is 2. The minimum Gasteiger partial charge on any atom is -0.349 e. The maximum atomic E-state index is 13.2. The molecule has 1 aromatic heterocycles. The number of halogens is 1. The van der Waals surface area contributed by atoms with Crippen molar-refractivity contribution in [2.75, 3.05) is 13.1 Å². The molecule has 0 saturated carbocycles. The van der Waals surface area contributed by atoms with Gasteiger partial charge in [-0.3, -0.25) is 9.59 Å². The number of likely N-dealkylation sites (tertiary alicyclic amines) is 1. The third kappa shape index (κ3) is 5.30. The van der Waals surface area contributed by atoms with Gasteiger partial charge in [-0.15, -0.1) is 0 Å². The number of nitrogens with one attached hydrogen (secondary N) is 1. The Bertz CT molecular complexity index is 1110. The molecule has 0 radical (unpaired) electrons. The van der Waals surface area contributed by atoms with Crippen LogP contribution in [0.3, 0.4) is 0 Å². The Balaban J connectivity index is 1.37. The zero-order valence-electron chi connectivity index (χ0n) is 19.0. The summed E-state index contributed by atoms with van der Waals surface area (Å²) in [7, 11) is 0. The first-order chi connectivity index (χ1) is 15.9. The summed E-state index contributed by atoms with van der Waals surface area (Å²) in [5, 5.41) is 7.52. The van der Waals surface area contributed by atoms with Crippen LogP contribution >= 0.6 is 0 Å². The van der Waals surface area contributed by atoms with Gasteiger partial charge in [-0.1, -0.05) is 30.3 Å². The van der Waals surface area contributed by atoms with Crippen molar-refractivity contribution in [2.24, 2.45) is 5.92 Å². The lowest BCUT2D eigenvalue weighted by Gasteiger charge is -2.32. The number of carbonyl (C=O) groups excluding carboxylic acids is 2. The van der Waals surface area contributed by atoms with E-state index in [9.17, 15) is 14.0 Å². The van der Waals surface area contributed by atoms with E-state index in [4.69, 9.17) is 0 Å². The maximum Gasteiger partial charge on any atom is 0.227 e. The van der Waals surface area contributed by atoms with Crippen LogP contribution in [-0.4, -0.2) is 39.6 Å². The largest absolute Gasteiger partial charge is 0.349 e. The second-order valence-electron chi connectivity index (χ2n) is 8.65. The molecular formula is C26H29FN4O2. The van der Waals surface area contributed by atoms with Crippen molar-refractivity contribution < 1.29 is 14.0 Å². The van der Waals surface area contributed by atoms with Gasteiger partial charge >= 0.3 is 0 Å². The summed E-state index contributed by atoms with van der Waals surface area (Å²) in [6, 6.07) is 15.6. The van der Waals surface area contributed by atoms with Gasteiger partial charge < -0.3 is 10.2 Å². The summed E-state index contributed by atoms with van der Waals surface area (Å²) in [6.45, 7) is 4.99. The number of rotatable bonds is 6. The first-order valence-electron chi connectivity index (χ1n) is 11.3. The summed E-state index contributed by atoms with van der Waals surface area (Å²) in [5.74, 6) is -0.515. The SMILES string of the molecule is Cc1c(C(C)NC(=O)C2CCCN(C(=O)Cc3ccccc3)C2)cnn1-c1ccc(F)cc1. The predicted molar refractivity (Wildman–Crippen MR) is 124 cm³/mol. The smallest absolute Gasteiger partial charge is 0.227 e. The van der Waals surface area contributed by atoms with E-state index in [2.05, 4.69) is 10.4 Å². The molecule has 1 N–H and O–H groups in total. The molecule has 0 bridgehead atoms. The number of amides is 2. The van der Waals surface area contributed by atoms with Crippen molar-refractivity contribution in [3.05, 3.63) is 83.4 Å². The first kappa shape index (κ1) is 22.7. The van der Waals surface area contributed by atoms with Crippen molar-refractivity contribution in [3.63, 3.8) is 0 Å². The van der Waals surface area contributed by atoms with E-state index in [1.807, 2.05) is 49.1 Å². The minimum absolute atomic E-state index is 0.0476. The topological polar surface area (TPSA) is 67.2 Å². The average molecular weight is 449 g/mol. The fourth-order valence-corrected chi connectivity index (χ4v) is 4.40. The lowest BCUT2D eigenvalue weighted by molar-refractivity contribution is -0.135. The highest BCUT2D eigenvalue weighted by Crippen LogP contribution is 2.23. The van der Waals surface area contributed by atoms with E-state index in [0.29, 0.717) is 19.5 Å². The number of piperidine rings is 1. The molecule has 3 aromatic rings. The molecule has 2 aromatic carbocycles. The van der Waals surface area contributed by atoms with Crippen LogP contribution < -0.4 is 5.32 Å². The van der Waals surface area contributed by atoms with Gasteiger partial charge in [0, 0.05) is 24.3 Å². The van der Waals surface area contributed by atoms with Crippen LogP contribution in [0.15, 0.2) is 60.8 Å². The normalized spacial score (nSPS) is 16.9. The molecule has 1 aliphatic heterocycles. The van der Waals surface area contributed by atoms with Gasteiger partial charge in [0.15, 0.2) is 0 Å². The fraction of sp³-hybridized carbons (Fsp3) is 0.346. The van der Waals surface area contributed by atoms with Gasteiger partial charge in [-0.05, 0) is 56.5 Å². The molecule has 4 rings (SSSR count). The Morgan fingerprint density at radius 1 is 1.15 bits per heavy atom. The molecule has 2 amide bonds. The monoisotopic (exact) mass is 448 g/mol. The van der Waals surface area contributed by atoms with E-state index in [0.717, 1.165) is 35.3 Å². The van der Waals surface area contributed by atoms with Crippen molar-refractivity contribution in [1.29, 1.82) is 0 Å². The van der Waals surface area contributed by atoms with E-state index in [-0.39, 0.29) is 29.6 Å². The number of hydrogen-bond donors (Lipinski definition) is 1. The second kappa shape index (κ2) is 9.98. The number of aromatic nitrogens is 2. The van der Waals surface area contributed by atoms with Crippen molar-refractivity contribution >= 4 is 11.8 Å². The molecule has 0 spiro atoms. The standard InChI is InChI=1S/C26H29FN4O2/c1-18(24-16-28-31(19(24)2)23-12-10-22(27)11-13-23)29-26(33)21-9-6-14-30(17-21)25(32)15-20-7-4-3-5-8-20/h3-5,7-8,10-13,16,18,21H,6,9,14-15,17H2,1-2H3,(H,29,33). The summed E-state index contributed by atoms with van der Waals surface area (Å²) in [6.07, 6.45) is 3.67. The Morgan fingerprint density at radius 3 is 2.61 bits per heavy atom. The van der Waals surface area contributed by atoms with E-state index in [1.54, 1.807) is 23.0 Å². The van der Waals surface area contributed by atoms with Crippen molar-refractivity contribution in [2.45, 2.75) is 39.2 Å². The highest BCUT2D eigenvalue weighted by atomic mass is 19.1.